The third-order valence-electron chi connectivity index (χ3n) is 4.27. The molecular formula is C15H20N2. The largest absolute Gasteiger partial charge is 0.377 e. The third-order valence-corrected chi connectivity index (χ3v) is 4.27. The molecule has 2 aliphatic rings. The average molecular weight is 228 g/mol. The molecule has 0 bridgehead atoms. The molecule has 90 valence electrons. The van der Waals surface area contributed by atoms with E-state index in [0.29, 0.717) is 11.8 Å². The maximum atomic E-state index is 7.91. The Hall–Kier alpha value is -1.31. The Balaban J connectivity index is 1.90. The normalized spacial score (nSPS) is 18.6. The van der Waals surface area contributed by atoms with E-state index in [2.05, 4.69) is 17.4 Å². The molecule has 0 aliphatic heterocycles. The lowest BCUT2D eigenvalue weighted by molar-refractivity contribution is 0.684. The van der Waals surface area contributed by atoms with Gasteiger partial charge in [0.1, 0.15) is 0 Å². The quantitative estimate of drug-likeness (QED) is 0.562. The van der Waals surface area contributed by atoms with Crippen LogP contribution in [0.3, 0.4) is 0 Å². The van der Waals surface area contributed by atoms with Crippen molar-refractivity contribution in [3.05, 3.63) is 34.4 Å². The van der Waals surface area contributed by atoms with Gasteiger partial charge in [-0.15, -0.1) is 0 Å². The number of rotatable bonds is 1. The van der Waals surface area contributed by atoms with Crippen molar-refractivity contribution in [2.45, 2.75) is 38.5 Å². The molecule has 0 atom stereocenters. The number of fused-ring (bicyclic) bond motifs is 2. The van der Waals surface area contributed by atoms with Crippen LogP contribution in [0.25, 0.3) is 0 Å². The predicted octanol–water partition coefficient (Wildman–Crippen LogP) is 2.48. The minimum absolute atomic E-state index is 0.388. The van der Waals surface area contributed by atoms with Crippen LogP contribution < -0.4 is 5.32 Å². The summed E-state index contributed by atoms with van der Waals surface area (Å²) in [5, 5.41) is 10.9. The van der Waals surface area contributed by atoms with Gasteiger partial charge in [-0.05, 0) is 60.8 Å². The summed E-state index contributed by atoms with van der Waals surface area (Å²) < 4.78 is 0. The first kappa shape index (κ1) is 10.8. The molecule has 0 saturated carbocycles. The summed E-state index contributed by atoms with van der Waals surface area (Å²) in [5.74, 6) is 1.08. The van der Waals surface area contributed by atoms with Crippen LogP contribution in [-0.4, -0.2) is 12.9 Å². The number of benzene rings is 1. The van der Waals surface area contributed by atoms with Gasteiger partial charge in [0.2, 0.25) is 0 Å². The molecule has 0 aromatic heterocycles. The molecule has 2 aliphatic carbocycles. The van der Waals surface area contributed by atoms with Crippen LogP contribution >= 0.6 is 0 Å². The second kappa shape index (κ2) is 4.17. The first-order chi connectivity index (χ1) is 8.28. The van der Waals surface area contributed by atoms with E-state index in [1.165, 1.54) is 36.8 Å². The Labute approximate surface area is 103 Å². The number of amidine groups is 1. The van der Waals surface area contributed by atoms with Gasteiger partial charge in [-0.3, -0.25) is 5.41 Å². The van der Waals surface area contributed by atoms with Gasteiger partial charge in [0.15, 0.2) is 0 Å². The van der Waals surface area contributed by atoms with Gasteiger partial charge < -0.3 is 5.32 Å². The van der Waals surface area contributed by atoms with Crippen molar-refractivity contribution < 1.29 is 0 Å². The van der Waals surface area contributed by atoms with Crippen molar-refractivity contribution in [2.75, 3.05) is 7.05 Å². The van der Waals surface area contributed by atoms with Gasteiger partial charge in [0.25, 0.3) is 0 Å². The zero-order valence-electron chi connectivity index (χ0n) is 10.5. The van der Waals surface area contributed by atoms with Crippen molar-refractivity contribution in [3.63, 3.8) is 0 Å². The molecule has 0 saturated heterocycles. The van der Waals surface area contributed by atoms with E-state index in [-0.39, 0.29) is 0 Å². The molecule has 17 heavy (non-hydrogen) atoms. The Morgan fingerprint density at radius 2 is 1.59 bits per heavy atom. The van der Waals surface area contributed by atoms with Crippen LogP contribution in [0.2, 0.25) is 0 Å². The lowest BCUT2D eigenvalue weighted by Crippen LogP contribution is -2.26. The minimum Gasteiger partial charge on any atom is -0.377 e. The highest BCUT2D eigenvalue weighted by molar-refractivity contribution is 5.82. The van der Waals surface area contributed by atoms with Crippen molar-refractivity contribution in [1.29, 1.82) is 5.41 Å². The second-order valence-electron chi connectivity index (χ2n) is 5.37. The lowest BCUT2D eigenvalue weighted by Gasteiger charge is -2.17. The summed E-state index contributed by atoms with van der Waals surface area (Å²) in [7, 11) is 1.86. The lowest BCUT2D eigenvalue weighted by atomic mass is 9.89. The van der Waals surface area contributed by atoms with E-state index in [0.717, 1.165) is 12.8 Å². The van der Waals surface area contributed by atoms with Crippen molar-refractivity contribution in [3.8, 4) is 0 Å². The zero-order valence-corrected chi connectivity index (χ0v) is 10.5. The standard InChI is InChI=1S/C15H20N2/c1-17-15(16)14-8-12-6-10-4-2-3-5-11(10)7-13(12)9-14/h6-7,14H,2-5,8-9H2,1H3,(H2,16,17). The fraction of sp³-hybridized carbons (Fsp3) is 0.533. The molecule has 2 nitrogen and oxygen atoms in total. The molecular weight excluding hydrogens is 208 g/mol. The number of hydrogen-bond donors (Lipinski definition) is 2. The Morgan fingerprint density at radius 3 is 2.06 bits per heavy atom. The number of aryl methyl sites for hydroxylation is 2. The van der Waals surface area contributed by atoms with Crippen LogP contribution in [0.5, 0.6) is 0 Å². The van der Waals surface area contributed by atoms with Crippen molar-refractivity contribution in [1.82, 2.24) is 5.32 Å². The molecule has 0 radical (unpaired) electrons. The molecule has 0 spiro atoms. The Bertz CT molecular complexity index is 427. The Kier molecular flexibility index (Phi) is 2.65. The minimum atomic E-state index is 0.388. The van der Waals surface area contributed by atoms with Crippen molar-refractivity contribution >= 4 is 5.84 Å². The highest BCUT2D eigenvalue weighted by Gasteiger charge is 2.26. The number of hydrogen-bond acceptors (Lipinski definition) is 1. The van der Waals surface area contributed by atoms with Gasteiger partial charge >= 0.3 is 0 Å². The van der Waals surface area contributed by atoms with Gasteiger partial charge in [-0.2, -0.15) is 0 Å². The summed E-state index contributed by atoms with van der Waals surface area (Å²) in [6.45, 7) is 0. The van der Waals surface area contributed by atoms with E-state index in [4.69, 9.17) is 5.41 Å². The molecule has 1 aromatic rings. The van der Waals surface area contributed by atoms with Crippen LogP contribution in [0, 0.1) is 11.3 Å². The number of nitrogens with one attached hydrogen (secondary N) is 2. The Morgan fingerprint density at radius 1 is 1.06 bits per heavy atom. The fourth-order valence-corrected chi connectivity index (χ4v) is 3.28. The molecule has 0 unspecified atom stereocenters. The topological polar surface area (TPSA) is 35.9 Å². The predicted molar refractivity (Wildman–Crippen MR) is 70.8 cm³/mol. The molecule has 3 rings (SSSR count). The van der Waals surface area contributed by atoms with Gasteiger partial charge in [-0.25, -0.2) is 0 Å². The van der Waals surface area contributed by atoms with Crippen LogP contribution in [0.4, 0.5) is 0 Å². The van der Waals surface area contributed by atoms with Gasteiger partial charge in [-0.1, -0.05) is 12.1 Å². The maximum Gasteiger partial charge on any atom is 0.0967 e. The van der Waals surface area contributed by atoms with E-state index < -0.39 is 0 Å². The molecule has 0 fully saturated rings. The van der Waals surface area contributed by atoms with Gasteiger partial charge in [0, 0.05) is 13.0 Å². The van der Waals surface area contributed by atoms with Gasteiger partial charge in [0.05, 0.1) is 5.84 Å². The van der Waals surface area contributed by atoms with Crippen LogP contribution in [0.1, 0.15) is 35.1 Å². The summed E-state index contributed by atoms with van der Waals surface area (Å²) in [6.07, 6.45) is 7.33. The van der Waals surface area contributed by atoms with E-state index in [1.54, 1.807) is 11.1 Å². The molecule has 0 amide bonds. The van der Waals surface area contributed by atoms with E-state index in [1.807, 2.05) is 7.05 Å². The van der Waals surface area contributed by atoms with Crippen molar-refractivity contribution in [2.24, 2.45) is 5.92 Å². The smallest absolute Gasteiger partial charge is 0.0967 e. The fourth-order valence-electron chi connectivity index (χ4n) is 3.28. The highest BCUT2D eigenvalue weighted by atomic mass is 14.9. The molecule has 1 aromatic carbocycles. The van der Waals surface area contributed by atoms with Crippen LogP contribution in [0.15, 0.2) is 12.1 Å². The van der Waals surface area contributed by atoms with Crippen LogP contribution in [-0.2, 0) is 25.7 Å². The summed E-state index contributed by atoms with van der Waals surface area (Å²) in [6, 6.07) is 4.85. The monoisotopic (exact) mass is 228 g/mol. The first-order valence-corrected chi connectivity index (χ1v) is 6.67. The molecule has 2 N–H and O–H groups in total. The molecule has 0 heterocycles. The summed E-state index contributed by atoms with van der Waals surface area (Å²) >= 11 is 0. The zero-order chi connectivity index (χ0) is 11.8. The second-order valence-corrected chi connectivity index (χ2v) is 5.37. The summed E-state index contributed by atoms with van der Waals surface area (Å²) in [5.41, 5.74) is 6.14. The average Bonchev–Trinajstić information content (AvgIpc) is 2.77. The van der Waals surface area contributed by atoms with E-state index in [9.17, 15) is 0 Å². The highest BCUT2D eigenvalue weighted by Crippen LogP contribution is 2.32. The first-order valence-electron chi connectivity index (χ1n) is 6.67. The van der Waals surface area contributed by atoms with E-state index >= 15 is 0 Å². The maximum absolute atomic E-state index is 7.91. The summed E-state index contributed by atoms with van der Waals surface area (Å²) in [4.78, 5) is 0. The SMILES string of the molecule is CNC(=N)C1Cc2cc3c(cc2C1)CCCC3. The third kappa shape index (κ3) is 1.86. The molecule has 2 heteroatoms.